The maximum atomic E-state index is 5.24. The Kier molecular flexibility index (Phi) is 2.49. The van der Waals surface area contributed by atoms with Gasteiger partial charge in [0.05, 0.1) is 7.11 Å². The molecule has 0 N–H and O–H groups in total. The predicted molar refractivity (Wildman–Crippen MR) is 58.9 cm³/mol. The van der Waals surface area contributed by atoms with Gasteiger partial charge in [-0.2, -0.15) is 0 Å². The number of benzene rings is 1. The van der Waals surface area contributed by atoms with E-state index in [2.05, 4.69) is 32.0 Å². The highest BCUT2D eigenvalue weighted by molar-refractivity contribution is 5.41. The molecule has 14 heavy (non-hydrogen) atoms. The Morgan fingerprint density at radius 2 is 2.14 bits per heavy atom. The highest BCUT2D eigenvalue weighted by Gasteiger charge is 2.24. The second kappa shape index (κ2) is 3.64. The van der Waals surface area contributed by atoms with Crippen LogP contribution in [0.15, 0.2) is 18.2 Å². The average Bonchev–Trinajstić information content (AvgIpc) is 2.59. The normalized spacial score (nSPS) is 19.9. The molecule has 2 rings (SSSR count). The zero-order chi connectivity index (χ0) is 10.1. The van der Waals surface area contributed by atoms with Crippen LogP contribution in [-0.2, 0) is 6.42 Å². The Morgan fingerprint density at radius 1 is 1.36 bits per heavy atom. The summed E-state index contributed by atoms with van der Waals surface area (Å²) in [5.41, 5.74) is 3.03. The third kappa shape index (κ3) is 1.52. The maximum absolute atomic E-state index is 5.24. The van der Waals surface area contributed by atoms with Crippen molar-refractivity contribution in [2.75, 3.05) is 7.11 Å². The smallest absolute Gasteiger partial charge is 0.119 e. The quantitative estimate of drug-likeness (QED) is 0.694. The van der Waals surface area contributed by atoms with Gasteiger partial charge in [-0.3, -0.25) is 0 Å². The molecule has 1 atom stereocenters. The molecular formula is C13H18O. The van der Waals surface area contributed by atoms with Gasteiger partial charge in [0.15, 0.2) is 0 Å². The van der Waals surface area contributed by atoms with Crippen LogP contribution in [-0.4, -0.2) is 7.11 Å². The van der Waals surface area contributed by atoms with Crippen molar-refractivity contribution in [3.63, 3.8) is 0 Å². The molecule has 0 spiro atoms. The van der Waals surface area contributed by atoms with E-state index >= 15 is 0 Å². The molecular weight excluding hydrogens is 172 g/mol. The summed E-state index contributed by atoms with van der Waals surface area (Å²) in [6.07, 6.45) is 2.52. The van der Waals surface area contributed by atoms with Crippen LogP contribution in [0, 0.1) is 5.92 Å². The molecule has 0 unspecified atom stereocenters. The van der Waals surface area contributed by atoms with Crippen LogP contribution in [0.25, 0.3) is 0 Å². The fourth-order valence-electron chi connectivity index (χ4n) is 2.45. The first-order chi connectivity index (χ1) is 6.72. The number of hydrogen-bond acceptors (Lipinski definition) is 1. The minimum atomic E-state index is 0.754. The van der Waals surface area contributed by atoms with Crippen molar-refractivity contribution in [1.82, 2.24) is 0 Å². The molecule has 1 nitrogen and oxygen atoms in total. The van der Waals surface area contributed by atoms with Gasteiger partial charge < -0.3 is 4.74 Å². The summed E-state index contributed by atoms with van der Waals surface area (Å²) in [5, 5.41) is 0. The third-order valence-corrected chi connectivity index (χ3v) is 3.28. The van der Waals surface area contributed by atoms with Gasteiger partial charge in [0.2, 0.25) is 0 Å². The summed E-state index contributed by atoms with van der Waals surface area (Å²) >= 11 is 0. The molecule has 1 aromatic rings. The van der Waals surface area contributed by atoms with E-state index in [0.29, 0.717) is 0 Å². The van der Waals surface area contributed by atoms with Crippen molar-refractivity contribution in [2.45, 2.75) is 32.6 Å². The Hall–Kier alpha value is -0.980. The second-order valence-electron chi connectivity index (χ2n) is 4.45. The summed E-state index contributed by atoms with van der Waals surface area (Å²) in [4.78, 5) is 0. The van der Waals surface area contributed by atoms with Crippen molar-refractivity contribution in [2.24, 2.45) is 5.92 Å². The van der Waals surface area contributed by atoms with Gasteiger partial charge >= 0.3 is 0 Å². The largest absolute Gasteiger partial charge is 0.497 e. The van der Waals surface area contributed by atoms with Crippen LogP contribution in [0.5, 0.6) is 5.75 Å². The highest BCUT2D eigenvalue weighted by Crippen LogP contribution is 2.39. The van der Waals surface area contributed by atoms with Gasteiger partial charge in [0.25, 0.3) is 0 Å². The first-order valence-corrected chi connectivity index (χ1v) is 5.39. The number of aryl methyl sites for hydroxylation is 1. The summed E-state index contributed by atoms with van der Waals surface area (Å²) in [5.74, 6) is 2.51. The van der Waals surface area contributed by atoms with Gasteiger partial charge in [-0.05, 0) is 47.9 Å². The predicted octanol–water partition coefficient (Wildman–Crippen LogP) is 3.38. The zero-order valence-electron chi connectivity index (χ0n) is 9.21. The van der Waals surface area contributed by atoms with Crippen LogP contribution in [0.2, 0.25) is 0 Å². The lowest BCUT2D eigenvalue weighted by Crippen LogP contribution is -2.01. The molecule has 1 aliphatic rings. The van der Waals surface area contributed by atoms with Crippen LogP contribution < -0.4 is 4.74 Å². The van der Waals surface area contributed by atoms with Gasteiger partial charge in [0.1, 0.15) is 5.75 Å². The Balaban J connectivity index is 2.33. The van der Waals surface area contributed by atoms with Crippen LogP contribution in [0.3, 0.4) is 0 Å². The standard InChI is InChI=1S/C13H18O/c1-9(2)12-6-4-10-8-11(14-3)5-7-13(10)12/h5,7-9,12H,4,6H2,1-3H3/t12-/m0/s1. The Morgan fingerprint density at radius 3 is 2.79 bits per heavy atom. The highest BCUT2D eigenvalue weighted by atomic mass is 16.5. The van der Waals surface area contributed by atoms with Gasteiger partial charge in [-0.1, -0.05) is 19.9 Å². The minimum Gasteiger partial charge on any atom is -0.497 e. The molecule has 0 saturated heterocycles. The van der Waals surface area contributed by atoms with E-state index in [1.54, 1.807) is 12.7 Å². The minimum absolute atomic E-state index is 0.754. The van der Waals surface area contributed by atoms with E-state index in [4.69, 9.17) is 4.74 Å². The van der Waals surface area contributed by atoms with Crippen molar-refractivity contribution in [1.29, 1.82) is 0 Å². The zero-order valence-corrected chi connectivity index (χ0v) is 9.21. The van der Waals surface area contributed by atoms with E-state index in [9.17, 15) is 0 Å². The van der Waals surface area contributed by atoms with Crippen LogP contribution in [0.1, 0.15) is 37.3 Å². The van der Waals surface area contributed by atoms with Crippen molar-refractivity contribution in [3.05, 3.63) is 29.3 Å². The molecule has 0 amide bonds. The molecule has 0 aromatic heterocycles. The van der Waals surface area contributed by atoms with E-state index in [-0.39, 0.29) is 0 Å². The fraction of sp³-hybridized carbons (Fsp3) is 0.538. The Bertz CT molecular complexity index is 328. The van der Waals surface area contributed by atoms with Crippen molar-refractivity contribution < 1.29 is 4.74 Å². The number of methoxy groups -OCH3 is 1. The first kappa shape index (κ1) is 9.57. The van der Waals surface area contributed by atoms with E-state index in [0.717, 1.165) is 17.6 Å². The first-order valence-electron chi connectivity index (χ1n) is 5.39. The fourth-order valence-corrected chi connectivity index (χ4v) is 2.45. The van der Waals surface area contributed by atoms with Crippen molar-refractivity contribution >= 4 is 0 Å². The number of ether oxygens (including phenoxy) is 1. The number of rotatable bonds is 2. The summed E-state index contributed by atoms with van der Waals surface area (Å²) in [6.45, 7) is 4.62. The van der Waals surface area contributed by atoms with E-state index in [1.807, 2.05) is 0 Å². The summed E-state index contributed by atoms with van der Waals surface area (Å²) < 4.78 is 5.24. The SMILES string of the molecule is COc1ccc2c(c1)CC[C@H]2C(C)C. The molecule has 0 saturated carbocycles. The van der Waals surface area contributed by atoms with E-state index < -0.39 is 0 Å². The maximum Gasteiger partial charge on any atom is 0.119 e. The molecule has 1 heteroatoms. The van der Waals surface area contributed by atoms with Gasteiger partial charge in [0, 0.05) is 0 Å². The summed E-state index contributed by atoms with van der Waals surface area (Å²) in [6, 6.07) is 6.52. The van der Waals surface area contributed by atoms with E-state index in [1.165, 1.54) is 18.4 Å². The van der Waals surface area contributed by atoms with Gasteiger partial charge in [-0.15, -0.1) is 0 Å². The molecule has 76 valence electrons. The molecule has 0 heterocycles. The van der Waals surface area contributed by atoms with Crippen LogP contribution >= 0.6 is 0 Å². The lowest BCUT2D eigenvalue weighted by molar-refractivity contribution is 0.414. The molecule has 0 fully saturated rings. The number of fused-ring (bicyclic) bond motifs is 1. The lowest BCUT2D eigenvalue weighted by Gasteiger charge is -2.15. The molecule has 0 aliphatic heterocycles. The second-order valence-corrected chi connectivity index (χ2v) is 4.45. The Labute approximate surface area is 86.1 Å². The molecule has 0 bridgehead atoms. The monoisotopic (exact) mass is 190 g/mol. The number of hydrogen-bond donors (Lipinski definition) is 0. The topological polar surface area (TPSA) is 9.23 Å². The van der Waals surface area contributed by atoms with Crippen LogP contribution in [0.4, 0.5) is 0 Å². The average molecular weight is 190 g/mol. The molecule has 0 radical (unpaired) electrons. The molecule has 1 aliphatic carbocycles. The molecule has 1 aromatic carbocycles. The lowest BCUT2D eigenvalue weighted by atomic mass is 9.90. The van der Waals surface area contributed by atoms with Crippen molar-refractivity contribution in [3.8, 4) is 5.75 Å². The third-order valence-electron chi connectivity index (χ3n) is 3.28. The van der Waals surface area contributed by atoms with Gasteiger partial charge in [-0.25, -0.2) is 0 Å². The summed E-state index contributed by atoms with van der Waals surface area (Å²) in [7, 11) is 1.73.